The molecule has 0 aromatic carbocycles. The third-order valence-corrected chi connectivity index (χ3v) is 2.06. The van der Waals surface area contributed by atoms with Crippen LogP contribution in [-0.2, 0) is 5.41 Å². The second kappa shape index (κ2) is 3.56. The SMILES string of the molecule is CC(C)c1cc(=O)[nH]c(C(C)(C)C)n1. The van der Waals surface area contributed by atoms with Gasteiger partial charge in [-0.3, -0.25) is 4.79 Å². The molecule has 1 rings (SSSR count). The minimum Gasteiger partial charge on any atom is -0.310 e. The van der Waals surface area contributed by atoms with Gasteiger partial charge >= 0.3 is 0 Å². The lowest BCUT2D eigenvalue weighted by Crippen LogP contribution is -2.23. The van der Waals surface area contributed by atoms with Crippen molar-refractivity contribution in [2.24, 2.45) is 0 Å². The lowest BCUT2D eigenvalue weighted by molar-refractivity contribution is 0.536. The molecule has 0 spiro atoms. The van der Waals surface area contributed by atoms with E-state index in [1.807, 2.05) is 34.6 Å². The van der Waals surface area contributed by atoms with Gasteiger partial charge < -0.3 is 4.98 Å². The van der Waals surface area contributed by atoms with E-state index in [4.69, 9.17) is 0 Å². The zero-order valence-electron chi connectivity index (χ0n) is 9.51. The summed E-state index contributed by atoms with van der Waals surface area (Å²) >= 11 is 0. The summed E-state index contributed by atoms with van der Waals surface area (Å²) in [5.41, 5.74) is 0.691. The highest BCUT2D eigenvalue weighted by atomic mass is 16.1. The van der Waals surface area contributed by atoms with Crippen LogP contribution in [0.4, 0.5) is 0 Å². The highest BCUT2D eigenvalue weighted by molar-refractivity contribution is 5.11. The monoisotopic (exact) mass is 194 g/mol. The molecule has 0 atom stereocenters. The summed E-state index contributed by atoms with van der Waals surface area (Å²) in [4.78, 5) is 18.6. The van der Waals surface area contributed by atoms with Crippen molar-refractivity contribution < 1.29 is 0 Å². The molecule has 0 fully saturated rings. The molecule has 3 nitrogen and oxygen atoms in total. The maximum absolute atomic E-state index is 11.4. The molecule has 0 amide bonds. The van der Waals surface area contributed by atoms with E-state index in [1.54, 1.807) is 6.07 Å². The van der Waals surface area contributed by atoms with Gasteiger partial charge in [0.2, 0.25) is 0 Å². The number of hydrogen-bond donors (Lipinski definition) is 1. The molecule has 3 heteroatoms. The first-order valence-corrected chi connectivity index (χ1v) is 4.92. The first-order chi connectivity index (χ1) is 6.30. The quantitative estimate of drug-likeness (QED) is 0.744. The Hall–Kier alpha value is -1.12. The summed E-state index contributed by atoms with van der Waals surface area (Å²) in [5, 5.41) is 0. The highest BCUT2D eigenvalue weighted by Gasteiger charge is 2.17. The second-order valence-electron chi connectivity index (χ2n) is 4.92. The van der Waals surface area contributed by atoms with E-state index in [2.05, 4.69) is 9.97 Å². The molecule has 0 aliphatic rings. The van der Waals surface area contributed by atoms with Gasteiger partial charge in [-0.25, -0.2) is 4.98 Å². The van der Waals surface area contributed by atoms with E-state index >= 15 is 0 Å². The average Bonchev–Trinajstić information content (AvgIpc) is 2.01. The van der Waals surface area contributed by atoms with Gasteiger partial charge in [-0.1, -0.05) is 34.6 Å². The largest absolute Gasteiger partial charge is 0.310 e. The Kier molecular flexibility index (Phi) is 2.79. The van der Waals surface area contributed by atoms with E-state index in [-0.39, 0.29) is 11.0 Å². The standard InChI is InChI=1S/C11H18N2O/c1-7(2)8-6-9(14)13-10(12-8)11(3,4)5/h6-7H,1-5H3,(H,12,13,14). The third-order valence-electron chi connectivity index (χ3n) is 2.06. The van der Waals surface area contributed by atoms with Crippen molar-refractivity contribution >= 4 is 0 Å². The smallest absolute Gasteiger partial charge is 0.251 e. The van der Waals surface area contributed by atoms with Crippen molar-refractivity contribution in [3.63, 3.8) is 0 Å². The maximum Gasteiger partial charge on any atom is 0.251 e. The van der Waals surface area contributed by atoms with Gasteiger partial charge in [-0.15, -0.1) is 0 Å². The number of rotatable bonds is 1. The number of nitrogens with zero attached hydrogens (tertiary/aromatic N) is 1. The molecule has 78 valence electrons. The van der Waals surface area contributed by atoms with Crippen LogP contribution in [0.5, 0.6) is 0 Å². The minimum atomic E-state index is -0.107. The Balaban J connectivity index is 3.28. The fourth-order valence-corrected chi connectivity index (χ4v) is 1.13. The van der Waals surface area contributed by atoms with E-state index < -0.39 is 0 Å². The zero-order chi connectivity index (χ0) is 10.9. The maximum atomic E-state index is 11.4. The molecule has 1 aromatic rings. The van der Waals surface area contributed by atoms with Gasteiger partial charge in [0, 0.05) is 11.5 Å². The van der Waals surface area contributed by atoms with Crippen LogP contribution in [0.25, 0.3) is 0 Å². The van der Waals surface area contributed by atoms with Crippen molar-refractivity contribution in [2.45, 2.75) is 46.0 Å². The molecule has 1 heterocycles. The minimum absolute atomic E-state index is 0.0615. The van der Waals surface area contributed by atoms with Crippen molar-refractivity contribution in [3.05, 3.63) is 27.9 Å². The van der Waals surface area contributed by atoms with Crippen LogP contribution in [0.1, 0.15) is 52.1 Å². The average molecular weight is 194 g/mol. The molecular weight excluding hydrogens is 176 g/mol. The van der Waals surface area contributed by atoms with Gasteiger partial charge in [0.05, 0.1) is 5.69 Å². The summed E-state index contributed by atoms with van der Waals surface area (Å²) < 4.78 is 0. The predicted molar refractivity (Wildman–Crippen MR) is 57.6 cm³/mol. The summed E-state index contributed by atoms with van der Waals surface area (Å²) in [6.45, 7) is 10.2. The topological polar surface area (TPSA) is 45.8 Å². The van der Waals surface area contributed by atoms with Gasteiger partial charge in [-0.05, 0) is 5.92 Å². The van der Waals surface area contributed by atoms with Crippen molar-refractivity contribution in [3.8, 4) is 0 Å². The molecule has 0 radical (unpaired) electrons. The summed E-state index contributed by atoms with van der Waals surface area (Å²) in [5.74, 6) is 1.05. The normalized spacial score (nSPS) is 12.1. The number of hydrogen-bond acceptors (Lipinski definition) is 2. The number of nitrogens with one attached hydrogen (secondary N) is 1. The van der Waals surface area contributed by atoms with Crippen molar-refractivity contribution in [1.29, 1.82) is 0 Å². The van der Waals surface area contributed by atoms with E-state index in [0.717, 1.165) is 11.5 Å². The number of H-pyrrole nitrogens is 1. The Morgan fingerprint density at radius 3 is 2.36 bits per heavy atom. The molecule has 0 saturated carbocycles. The van der Waals surface area contributed by atoms with Crippen LogP contribution in [-0.4, -0.2) is 9.97 Å². The molecule has 1 N–H and O–H groups in total. The van der Waals surface area contributed by atoms with Crippen molar-refractivity contribution in [1.82, 2.24) is 9.97 Å². The van der Waals surface area contributed by atoms with Crippen LogP contribution in [0, 0.1) is 0 Å². The molecular formula is C11H18N2O. The lowest BCUT2D eigenvalue weighted by atomic mass is 9.95. The summed E-state index contributed by atoms with van der Waals surface area (Å²) in [6, 6.07) is 1.57. The first kappa shape index (κ1) is 11.0. The molecule has 0 saturated heterocycles. The van der Waals surface area contributed by atoms with Gasteiger partial charge in [0.1, 0.15) is 5.82 Å². The van der Waals surface area contributed by atoms with Crippen LogP contribution >= 0.6 is 0 Å². The molecule has 0 unspecified atom stereocenters. The summed E-state index contributed by atoms with van der Waals surface area (Å²) in [6.07, 6.45) is 0. The summed E-state index contributed by atoms with van der Waals surface area (Å²) in [7, 11) is 0. The van der Waals surface area contributed by atoms with Crippen LogP contribution in [0.15, 0.2) is 10.9 Å². The van der Waals surface area contributed by atoms with Crippen molar-refractivity contribution in [2.75, 3.05) is 0 Å². The third kappa shape index (κ3) is 2.44. The van der Waals surface area contributed by atoms with Gasteiger partial charge in [0.25, 0.3) is 5.56 Å². The zero-order valence-corrected chi connectivity index (χ0v) is 9.51. The fourth-order valence-electron chi connectivity index (χ4n) is 1.13. The molecule has 0 aliphatic carbocycles. The Bertz CT molecular complexity index is 372. The fraction of sp³-hybridized carbons (Fsp3) is 0.636. The molecule has 0 aliphatic heterocycles. The van der Waals surface area contributed by atoms with Crippen LogP contribution < -0.4 is 5.56 Å². The van der Waals surface area contributed by atoms with E-state index in [1.165, 1.54) is 0 Å². The molecule has 14 heavy (non-hydrogen) atoms. The number of aromatic amines is 1. The van der Waals surface area contributed by atoms with Gasteiger partial charge in [0.15, 0.2) is 0 Å². The molecule has 1 aromatic heterocycles. The Morgan fingerprint density at radius 1 is 1.36 bits per heavy atom. The molecule has 0 bridgehead atoms. The Morgan fingerprint density at radius 2 is 1.93 bits per heavy atom. The predicted octanol–water partition coefficient (Wildman–Crippen LogP) is 2.19. The Labute approximate surface area is 84.6 Å². The second-order valence-corrected chi connectivity index (χ2v) is 4.92. The highest BCUT2D eigenvalue weighted by Crippen LogP contribution is 2.18. The van der Waals surface area contributed by atoms with E-state index in [0.29, 0.717) is 5.92 Å². The van der Waals surface area contributed by atoms with Crippen LogP contribution in [0.3, 0.4) is 0 Å². The number of aromatic nitrogens is 2. The van der Waals surface area contributed by atoms with Crippen LogP contribution in [0.2, 0.25) is 0 Å². The van der Waals surface area contributed by atoms with Gasteiger partial charge in [-0.2, -0.15) is 0 Å². The van der Waals surface area contributed by atoms with E-state index in [9.17, 15) is 4.79 Å². The lowest BCUT2D eigenvalue weighted by Gasteiger charge is -2.18. The first-order valence-electron chi connectivity index (χ1n) is 4.92.